The average molecular weight is 713 g/mol. The van der Waals surface area contributed by atoms with Crippen LogP contribution < -0.4 is 0 Å². The Morgan fingerprint density at radius 3 is 1.63 bits per heavy atom. The molecule has 0 aromatic carbocycles. The van der Waals surface area contributed by atoms with Crippen molar-refractivity contribution >= 4 is 35.8 Å². The predicted molar refractivity (Wildman–Crippen MR) is 180 cm³/mol. The molecule has 3 aliphatic heterocycles. The summed E-state index contributed by atoms with van der Waals surface area (Å²) in [6.45, 7) is 11.0. The Balaban J connectivity index is 0.000000159. The van der Waals surface area contributed by atoms with Gasteiger partial charge in [0.1, 0.15) is 12.2 Å². The van der Waals surface area contributed by atoms with Gasteiger partial charge in [0.05, 0.1) is 41.6 Å². The Morgan fingerprint density at radius 2 is 1.20 bits per heavy atom. The van der Waals surface area contributed by atoms with E-state index in [9.17, 15) is 28.8 Å². The van der Waals surface area contributed by atoms with E-state index in [0.29, 0.717) is 30.3 Å². The van der Waals surface area contributed by atoms with Crippen molar-refractivity contribution in [2.24, 2.45) is 82.9 Å². The van der Waals surface area contributed by atoms with E-state index in [1.165, 1.54) is 6.42 Å². The van der Waals surface area contributed by atoms with Gasteiger partial charge in [0.15, 0.2) is 0 Å². The highest BCUT2D eigenvalue weighted by molar-refractivity contribution is 5.97. The molecule has 8 rings (SSSR count). The third-order valence-corrected chi connectivity index (χ3v) is 14.9. The molecule has 0 radical (unpaired) electrons. The minimum atomic E-state index is -0.428. The highest BCUT2D eigenvalue weighted by Gasteiger charge is 2.62. The van der Waals surface area contributed by atoms with Crippen LogP contribution in [0.3, 0.4) is 0 Å². The zero-order chi connectivity index (χ0) is 36.4. The SMILES string of the molecule is CC1C(=O)OC(=O)C1C1C(C)C2CC(C(=O)OC3(C)CCCCC3)C1C2.CC1C(=O)OC(=O)C1C1C(C)C2CC(C(=O)OCC3CCCO3)C1C2. The van der Waals surface area contributed by atoms with Crippen LogP contribution in [-0.4, -0.2) is 60.7 Å². The second-order valence-electron chi connectivity index (χ2n) is 17.7. The third kappa shape index (κ3) is 6.67. The fraction of sp³-hybridized carbons (Fsp3) is 0.850. The van der Waals surface area contributed by atoms with Crippen molar-refractivity contribution < 1.29 is 52.5 Å². The zero-order valence-electron chi connectivity index (χ0n) is 30.8. The molecule has 0 aromatic rings. The summed E-state index contributed by atoms with van der Waals surface area (Å²) < 4.78 is 26.8. The van der Waals surface area contributed by atoms with E-state index in [2.05, 4.69) is 20.8 Å². The van der Waals surface area contributed by atoms with Gasteiger partial charge in [-0.3, -0.25) is 28.8 Å². The molecule has 282 valence electrons. The normalized spacial score (nSPS) is 45.0. The first-order valence-electron chi connectivity index (χ1n) is 19.8. The molecule has 3 heterocycles. The van der Waals surface area contributed by atoms with Gasteiger partial charge in [-0.15, -0.1) is 0 Å². The van der Waals surface area contributed by atoms with E-state index in [4.69, 9.17) is 23.7 Å². The van der Waals surface area contributed by atoms with E-state index in [1.54, 1.807) is 13.8 Å². The summed E-state index contributed by atoms with van der Waals surface area (Å²) >= 11 is 0. The average Bonchev–Trinajstić information content (AvgIpc) is 3.96. The quantitative estimate of drug-likeness (QED) is 0.189. The molecular weight excluding hydrogens is 656 g/mol. The number of ether oxygens (including phenoxy) is 5. The molecule has 0 spiro atoms. The largest absolute Gasteiger partial charge is 0.463 e. The Bertz CT molecular complexity index is 1410. The molecule has 11 heteroatoms. The molecule has 3 saturated heterocycles. The number of fused-ring (bicyclic) bond motifs is 4. The van der Waals surface area contributed by atoms with Crippen molar-refractivity contribution in [2.75, 3.05) is 13.2 Å². The second-order valence-corrected chi connectivity index (χ2v) is 17.7. The van der Waals surface area contributed by atoms with Gasteiger partial charge in [-0.25, -0.2) is 0 Å². The van der Waals surface area contributed by atoms with Crippen molar-refractivity contribution in [3.63, 3.8) is 0 Å². The van der Waals surface area contributed by atoms with Gasteiger partial charge in [0.2, 0.25) is 0 Å². The van der Waals surface area contributed by atoms with Crippen LogP contribution in [0.5, 0.6) is 0 Å². The lowest BCUT2D eigenvalue weighted by molar-refractivity contribution is -0.171. The van der Waals surface area contributed by atoms with Gasteiger partial charge in [-0.05, 0) is 118 Å². The Kier molecular flexibility index (Phi) is 10.2. The maximum atomic E-state index is 13.0. The topological polar surface area (TPSA) is 149 Å². The van der Waals surface area contributed by atoms with Gasteiger partial charge in [-0.2, -0.15) is 0 Å². The number of carbonyl (C=O) groups is 6. The lowest BCUT2D eigenvalue weighted by Crippen LogP contribution is -2.42. The minimum Gasteiger partial charge on any atom is -0.463 e. The van der Waals surface area contributed by atoms with E-state index >= 15 is 0 Å². The maximum Gasteiger partial charge on any atom is 0.317 e. The molecule has 15 unspecified atom stereocenters. The Labute approximate surface area is 300 Å². The molecule has 51 heavy (non-hydrogen) atoms. The first-order chi connectivity index (χ1) is 24.3. The van der Waals surface area contributed by atoms with Crippen molar-refractivity contribution in [1.29, 1.82) is 0 Å². The van der Waals surface area contributed by atoms with Gasteiger partial charge in [-0.1, -0.05) is 34.1 Å². The first-order valence-corrected chi connectivity index (χ1v) is 19.8. The van der Waals surface area contributed by atoms with Crippen LogP contribution in [0.4, 0.5) is 0 Å². The number of esters is 6. The van der Waals surface area contributed by atoms with E-state index in [1.807, 2.05) is 0 Å². The van der Waals surface area contributed by atoms with Crippen LogP contribution in [0.1, 0.15) is 105 Å². The van der Waals surface area contributed by atoms with Crippen LogP contribution in [0, 0.1) is 82.9 Å². The Hall–Kier alpha value is -2.82. The second kappa shape index (κ2) is 14.2. The third-order valence-electron chi connectivity index (χ3n) is 14.9. The molecule has 8 fully saturated rings. The molecule has 0 N–H and O–H groups in total. The number of hydrogen-bond acceptors (Lipinski definition) is 11. The van der Waals surface area contributed by atoms with Gasteiger partial charge in [0.25, 0.3) is 0 Å². The Morgan fingerprint density at radius 1 is 0.686 bits per heavy atom. The molecule has 0 aromatic heterocycles. The number of carbonyl (C=O) groups excluding carboxylic acids is 6. The van der Waals surface area contributed by atoms with E-state index in [0.717, 1.165) is 70.8 Å². The zero-order valence-corrected chi connectivity index (χ0v) is 30.8. The molecule has 0 amide bonds. The number of hydrogen-bond donors (Lipinski definition) is 0. The standard InChI is InChI=1S/C21H30O5.C19H26O6/c1-11-13-9-14(16(11)17-12(2)18(22)25-20(17)24)15(10-13)19(23)26-21(3)7-5-4-6-8-21;1-9-11-6-13(15(9)16-10(2)17(20)25-19(16)22)14(7-11)18(21)24-8-12-4-3-5-23-12/h11-17H,4-10H2,1-3H3;9-16H,3-8H2,1-2H3. The molecular formula is C40H56O11. The van der Waals surface area contributed by atoms with E-state index < -0.39 is 47.5 Å². The first kappa shape index (κ1) is 36.5. The van der Waals surface area contributed by atoms with Crippen LogP contribution >= 0.6 is 0 Å². The van der Waals surface area contributed by atoms with Crippen LogP contribution in [0.25, 0.3) is 0 Å². The lowest BCUT2D eigenvalue weighted by Gasteiger charge is -2.39. The molecule has 8 aliphatic rings. The summed E-state index contributed by atoms with van der Waals surface area (Å²) in [5, 5.41) is 0. The predicted octanol–water partition coefficient (Wildman–Crippen LogP) is 5.45. The van der Waals surface area contributed by atoms with Crippen LogP contribution in [0.2, 0.25) is 0 Å². The van der Waals surface area contributed by atoms with Crippen LogP contribution in [0.15, 0.2) is 0 Å². The van der Waals surface area contributed by atoms with Crippen molar-refractivity contribution in [2.45, 2.75) is 117 Å². The summed E-state index contributed by atoms with van der Waals surface area (Å²) in [5.74, 6) is -1.91. The molecule has 5 saturated carbocycles. The van der Waals surface area contributed by atoms with E-state index in [-0.39, 0.29) is 59.2 Å². The fourth-order valence-electron chi connectivity index (χ4n) is 12.0. The van der Waals surface area contributed by atoms with Crippen molar-refractivity contribution in [3.8, 4) is 0 Å². The summed E-state index contributed by atoms with van der Waals surface area (Å²) in [4.78, 5) is 73.7. The molecule has 5 aliphatic carbocycles. The van der Waals surface area contributed by atoms with Crippen molar-refractivity contribution in [3.05, 3.63) is 0 Å². The highest BCUT2D eigenvalue weighted by atomic mass is 16.6. The number of rotatable bonds is 7. The minimum absolute atomic E-state index is 0.0275. The fourth-order valence-corrected chi connectivity index (χ4v) is 12.0. The van der Waals surface area contributed by atoms with Crippen LogP contribution in [-0.2, 0) is 52.5 Å². The molecule has 11 nitrogen and oxygen atoms in total. The maximum absolute atomic E-state index is 13.0. The molecule has 15 atom stereocenters. The van der Waals surface area contributed by atoms with Gasteiger partial charge >= 0.3 is 35.8 Å². The summed E-state index contributed by atoms with van der Waals surface area (Å²) in [6, 6.07) is 0. The summed E-state index contributed by atoms with van der Waals surface area (Å²) in [6.07, 6.45) is 10.9. The van der Waals surface area contributed by atoms with Crippen molar-refractivity contribution in [1.82, 2.24) is 0 Å². The lowest BCUT2D eigenvalue weighted by atomic mass is 9.66. The highest BCUT2D eigenvalue weighted by Crippen LogP contribution is 2.61. The summed E-state index contributed by atoms with van der Waals surface area (Å²) in [5.41, 5.74) is -0.326. The number of cyclic esters (lactones) is 4. The van der Waals surface area contributed by atoms with Gasteiger partial charge < -0.3 is 23.7 Å². The monoisotopic (exact) mass is 712 g/mol. The summed E-state index contributed by atoms with van der Waals surface area (Å²) in [7, 11) is 0. The molecule has 4 bridgehead atoms. The smallest absolute Gasteiger partial charge is 0.317 e. The van der Waals surface area contributed by atoms with Gasteiger partial charge in [0, 0.05) is 6.61 Å².